The Morgan fingerprint density at radius 2 is 2.00 bits per heavy atom. The molecule has 1 N–H and O–H groups in total. The van der Waals surface area contributed by atoms with E-state index in [2.05, 4.69) is 35.6 Å². The first-order valence-corrected chi connectivity index (χ1v) is 6.78. The van der Waals surface area contributed by atoms with Gasteiger partial charge in [0.25, 0.3) is 0 Å². The largest absolute Gasteiger partial charge is 0.381 e. The third-order valence-electron chi connectivity index (χ3n) is 4.33. The molecule has 2 nitrogen and oxygen atoms in total. The van der Waals surface area contributed by atoms with Gasteiger partial charge in [-0.25, -0.2) is 0 Å². The zero-order valence-electron chi connectivity index (χ0n) is 10.3. The molecule has 1 aromatic rings. The minimum Gasteiger partial charge on any atom is -0.381 e. The highest BCUT2D eigenvalue weighted by atomic mass is 16.5. The number of hydrogen-bond acceptors (Lipinski definition) is 2. The molecular weight excluding hydrogens is 210 g/mol. The molecule has 0 radical (unpaired) electrons. The lowest BCUT2D eigenvalue weighted by Crippen LogP contribution is -2.38. The third-order valence-corrected chi connectivity index (χ3v) is 4.33. The van der Waals surface area contributed by atoms with E-state index >= 15 is 0 Å². The van der Waals surface area contributed by atoms with Crippen LogP contribution in [0.15, 0.2) is 30.3 Å². The summed E-state index contributed by atoms with van der Waals surface area (Å²) in [5.74, 6) is 2.26. The van der Waals surface area contributed by atoms with Crippen LogP contribution in [0.25, 0.3) is 0 Å². The van der Waals surface area contributed by atoms with Gasteiger partial charge >= 0.3 is 0 Å². The molecule has 3 rings (SSSR count). The smallest absolute Gasteiger partial charge is 0.0498 e. The van der Waals surface area contributed by atoms with Gasteiger partial charge in [-0.15, -0.1) is 0 Å². The van der Waals surface area contributed by atoms with Crippen LogP contribution in [0.1, 0.15) is 24.3 Å². The Morgan fingerprint density at radius 1 is 1.12 bits per heavy atom. The fourth-order valence-electron chi connectivity index (χ4n) is 3.40. The quantitative estimate of drug-likeness (QED) is 0.844. The zero-order valence-corrected chi connectivity index (χ0v) is 10.3. The molecule has 2 fully saturated rings. The van der Waals surface area contributed by atoms with Crippen molar-refractivity contribution in [1.82, 2.24) is 5.32 Å². The molecule has 0 aliphatic carbocycles. The van der Waals surface area contributed by atoms with Crippen molar-refractivity contribution in [2.45, 2.75) is 18.8 Å². The van der Waals surface area contributed by atoms with Gasteiger partial charge in [0.1, 0.15) is 0 Å². The van der Waals surface area contributed by atoms with Crippen LogP contribution in [0.4, 0.5) is 0 Å². The third kappa shape index (κ3) is 2.38. The molecule has 2 aliphatic heterocycles. The second-order valence-electron chi connectivity index (χ2n) is 5.30. The van der Waals surface area contributed by atoms with E-state index in [1.165, 1.54) is 24.9 Å². The van der Waals surface area contributed by atoms with Crippen molar-refractivity contribution in [1.29, 1.82) is 0 Å². The van der Waals surface area contributed by atoms with Crippen molar-refractivity contribution in [2.24, 2.45) is 11.8 Å². The Balaban J connectivity index is 1.80. The van der Waals surface area contributed by atoms with Crippen LogP contribution in [0.5, 0.6) is 0 Å². The molecule has 0 spiro atoms. The summed E-state index contributed by atoms with van der Waals surface area (Å²) in [4.78, 5) is 0. The maximum absolute atomic E-state index is 5.57. The van der Waals surface area contributed by atoms with Gasteiger partial charge in [0.15, 0.2) is 0 Å². The number of piperidine rings is 1. The molecule has 2 heterocycles. The lowest BCUT2D eigenvalue weighted by molar-refractivity contribution is 0.154. The summed E-state index contributed by atoms with van der Waals surface area (Å²) in [5.41, 5.74) is 1.50. The maximum Gasteiger partial charge on any atom is 0.0498 e. The molecule has 1 aromatic carbocycles. The van der Waals surface area contributed by atoms with Crippen molar-refractivity contribution in [3.8, 4) is 0 Å². The van der Waals surface area contributed by atoms with E-state index in [1.807, 2.05) is 0 Å². The van der Waals surface area contributed by atoms with Crippen LogP contribution in [0, 0.1) is 11.8 Å². The summed E-state index contributed by atoms with van der Waals surface area (Å²) in [6.07, 6.45) is 2.56. The average molecular weight is 231 g/mol. The van der Waals surface area contributed by atoms with Crippen LogP contribution >= 0.6 is 0 Å². The summed E-state index contributed by atoms with van der Waals surface area (Å²) >= 11 is 0. The number of hydrogen-bond donors (Lipinski definition) is 1. The van der Waals surface area contributed by atoms with Gasteiger partial charge in [-0.1, -0.05) is 30.3 Å². The van der Waals surface area contributed by atoms with Crippen LogP contribution in [-0.4, -0.2) is 26.3 Å². The maximum atomic E-state index is 5.57. The molecule has 0 saturated carbocycles. The van der Waals surface area contributed by atoms with Crippen molar-refractivity contribution >= 4 is 0 Å². The fraction of sp³-hybridized carbons (Fsp3) is 0.600. The first kappa shape index (κ1) is 11.2. The normalized spacial score (nSPS) is 33.8. The first-order valence-electron chi connectivity index (χ1n) is 6.78. The highest BCUT2D eigenvalue weighted by molar-refractivity contribution is 5.21. The van der Waals surface area contributed by atoms with Crippen LogP contribution in [0.3, 0.4) is 0 Å². The van der Waals surface area contributed by atoms with Crippen molar-refractivity contribution in [3.05, 3.63) is 35.9 Å². The minimum absolute atomic E-state index is 0.677. The second kappa shape index (κ2) is 5.19. The van der Waals surface area contributed by atoms with E-state index in [1.54, 1.807) is 0 Å². The Kier molecular flexibility index (Phi) is 3.44. The standard InChI is InChI=1S/C15H21NO/c1-2-4-12(5-3-1)15-10-16-8-6-14(15)13-7-9-17-11-13/h1-5,13-16H,6-11H2. The zero-order chi connectivity index (χ0) is 11.5. The molecular formula is C15H21NO. The predicted molar refractivity (Wildman–Crippen MR) is 69.1 cm³/mol. The fourth-order valence-corrected chi connectivity index (χ4v) is 3.40. The van der Waals surface area contributed by atoms with Gasteiger partial charge in [-0.05, 0) is 42.7 Å². The van der Waals surface area contributed by atoms with Gasteiger partial charge in [0, 0.05) is 19.8 Å². The van der Waals surface area contributed by atoms with Gasteiger partial charge in [-0.2, -0.15) is 0 Å². The summed E-state index contributed by atoms with van der Waals surface area (Å²) in [6.45, 7) is 4.25. The summed E-state index contributed by atoms with van der Waals surface area (Å²) in [7, 11) is 0. The van der Waals surface area contributed by atoms with E-state index < -0.39 is 0 Å². The molecule has 2 saturated heterocycles. The second-order valence-corrected chi connectivity index (χ2v) is 5.30. The van der Waals surface area contributed by atoms with Crippen molar-refractivity contribution in [3.63, 3.8) is 0 Å². The predicted octanol–water partition coefficient (Wildman–Crippen LogP) is 2.42. The van der Waals surface area contributed by atoms with Crippen molar-refractivity contribution in [2.75, 3.05) is 26.3 Å². The molecule has 2 aliphatic rings. The average Bonchev–Trinajstić information content (AvgIpc) is 2.94. The lowest BCUT2D eigenvalue weighted by Gasteiger charge is -2.36. The Hall–Kier alpha value is -0.860. The monoisotopic (exact) mass is 231 g/mol. The van der Waals surface area contributed by atoms with E-state index in [0.29, 0.717) is 5.92 Å². The summed E-state index contributed by atoms with van der Waals surface area (Å²) < 4.78 is 5.57. The molecule has 92 valence electrons. The molecule has 2 heteroatoms. The molecule has 0 amide bonds. The van der Waals surface area contributed by atoms with Crippen LogP contribution in [0.2, 0.25) is 0 Å². The van der Waals surface area contributed by atoms with Crippen LogP contribution < -0.4 is 5.32 Å². The highest BCUT2D eigenvalue weighted by Crippen LogP contribution is 2.37. The Morgan fingerprint density at radius 3 is 2.76 bits per heavy atom. The number of rotatable bonds is 2. The summed E-state index contributed by atoms with van der Waals surface area (Å²) in [6, 6.07) is 11.0. The van der Waals surface area contributed by atoms with Crippen LogP contribution in [-0.2, 0) is 4.74 Å². The minimum atomic E-state index is 0.677. The van der Waals surface area contributed by atoms with Crippen molar-refractivity contribution < 1.29 is 4.74 Å². The van der Waals surface area contributed by atoms with E-state index in [9.17, 15) is 0 Å². The Labute approximate surface area is 103 Å². The molecule has 3 atom stereocenters. The Bertz CT molecular complexity index is 345. The number of nitrogens with one attached hydrogen (secondary N) is 1. The number of benzene rings is 1. The van der Waals surface area contributed by atoms with E-state index in [4.69, 9.17) is 4.74 Å². The van der Waals surface area contributed by atoms with E-state index in [-0.39, 0.29) is 0 Å². The summed E-state index contributed by atoms with van der Waals surface area (Å²) in [5, 5.41) is 3.55. The molecule has 17 heavy (non-hydrogen) atoms. The number of ether oxygens (including phenoxy) is 1. The first-order chi connectivity index (χ1) is 8.45. The SMILES string of the molecule is c1ccc(C2CNCCC2C2CCOC2)cc1. The van der Waals surface area contributed by atoms with Gasteiger partial charge in [0.05, 0.1) is 0 Å². The highest BCUT2D eigenvalue weighted by Gasteiger charge is 2.34. The van der Waals surface area contributed by atoms with Gasteiger partial charge in [-0.3, -0.25) is 0 Å². The van der Waals surface area contributed by atoms with E-state index in [0.717, 1.165) is 31.6 Å². The molecule has 0 bridgehead atoms. The molecule has 3 unspecified atom stereocenters. The molecule has 0 aromatic heterocycles. The van der Waals surface area contributed by atoms with Gasteiger partial charge < -0.3 is 10.1 Å². The van der Waals surface area contributed by atoms with Gasteiger partial charge in [0.2, 0.25) is 0 Å². The topological polar surface area (TPSA) is 21.3 Å². The lowest BCUT2D eigenvalue weighted by atomic mass is 9.74.